The fourth-order valence-corrected chi connectivity index (χ4v) is 2.20. The Bertz CT molecular complexity index is 718. The highest BCUT2D eigenvalue weighted by atomic mass is 16.7. The van der Waals surface area contributed by atoms with E-state index < -0.39 is 0 Å². The molecule has 0 aromatic heterocycles. The quantitative estimate of drug-likeness (QED) is 0.627. The van der Waals surface area contributed by atoms with Gasteiger partial charge < -0.3 is 14.2 Å². The Labute approximate surface area is 127 Å². The van der Waals surface area contributed by atoms with Crippen molar-refractivity contribution in [3.63, 3.8) is 0 Å². The van der Waals surface area contributed by atoms with Crippen LogP contribution in [0.1, 0.15) is 27.1 Å². The lowest BCUT2D eigenvalue weighted by Crippen LogP contribution is -2.08. The molecule has 0 aliphatic carbocycles. The Kier molecular flexibility index (Phi) is 3.78. The molecule has 0 unspecified atom stereocenters. The molecule has 0 saturated heterocycles. The summed E-state index contributed by atoms with van der Waals surface area (Å²) in [5, 5.41) is 0. The molecular formula is C17H14O5. The van der Waals surface area contributed by atoms with Crippen LogP contribution in [0.5, 0.6) is 17.2 Å². The smallest absolute Gasteiger partial charge is 0.231 e. The van der Waals surface area contributed by atoms with Gasteiger partial charge in [-0.25, -0.2) is 0 Å². The van der Waals surface area contributed by atoms with Crippen molar-refractivity contribution < 1.29 is 23.8 Å². The zero-order valence-corrected chi connectivity index (χ0v) is 12.0. The molecule has 0 saturated carbocycles. The maximum Gasteiger partial charge on any atom is 0.231 e. The molecule has 1 aliphatic rings. The van der Waals surface area contributed by atoms with E-state index in [2.05, 4.69) is 0 Å². The molecule has 0 radical (unpaired) electrons. The molecule has 2 aromatic rings. The summed E-state index contributed by atoms with van der Waals surface area (Å²) in [5.41, 5.74) is 0.918. The third kappa shape index (κ3) is 2.79. The molecule has 5 heteroatoms. The zero-order chi connectivity index (χ0) is 15.5. The second-order valence-corrected chi connectivity index (χ2v) is 4.82. The normalized spacial score (nSPS) is 12.0. The summed E-state index contributed by atoms with van der Waals surface area (Å²) >= 11 is 0. The number of rotatable bonds is 5. The molecule has 0 N–H and O–H groups in total. The first-order valence-electron chi connectivity index (χ1n) is 6.77. The van der Waals surface area contributed by atoms with Crippen LogP contribution in [-0.4, -0.2) is 25.5 Å². The summed E-state index contributed by atoms with van der Waals surface area (Å²) in [5.74, 6) is 1.32. The molecule has 0 fully saturated rings. The predicted octanol–water partition coefficient (Wildman–Crippen LogP) is 2.88. The lowest BCUT2D eigenvalue weighted by Gasteiger charge is -2.04. The van der Waals surface area contributed by atoms with Crippen LogP contribution in [0.4, 0.5) is 0 Å². The Hall–Kier alpha value is -2.82. The number of ketones is 2. The first-order valence-corrected chi connectivity index (χ1v) is 6.77. The van der Waals surface area contributed by atoms with Gasteiger partial charge in [0.1, 0.15) is 5.75 Å². The Morgan fingerprint density at radius 3 is 2.32 bits per heavy atom. The number of carbonyl (C=O) groups is 2. The number of ether oxygens (including phenoxy) is 3. The molecule has 0 bridgehead atoms. The van der Waals surface area contributed by atoms with Crippen molar-refractivity contribution in [3.05, 3.63) is 53.6 Å². The number of fused-ring (bicyclic) bond motifs is 1. The minimum absolute atomic E-state index is 0.151. The second-order valence-electron chi connectivity index (χ2n) is 4.82. The summed E-state index contributed by atoms with van der Waals surface area (Å²) in [7, 11) is 1.56. The predicted molar refractivity (Wildman–Crippen MR) is 78.8 cm³/mol. The van der Waals surface area contributed by atoms with Gasteiger partial charge in [0.15, 0.2) is 23.1 Å². The fourth-order valence-electron chi connectivity index (χ4n) is 2.20. The highest BCUT2D eigenvalue weighted by Crippen LogP contribution is 2.32. The largest absolute Gasteiger partial charge is 0.497 e. The summed E-state index contributed by atoms with van der Waals surface area (Å²) in [6, 6.07) is 11.6. The summed E-state index contributed by atoms with van der Waals surface area (Å²) in [6.45, 7) is 0.151. The SMILES string of the molecule is COc1ccc(C(=O)CC(=O)c2ccc3c(c2)OCO3)cc1. The van der Waals surface area contributed by atoms with Gasteiger partial charge in [-0.2, -0.15) is 0 Å². The molecule has 112 valence electrons. The summed E-state index contributed by atoms with van der Waals surface area (Å²) < 4.78 is 15.5. The van der Waals surface area contributed by atoms with Crippen LogP contribution >= 0.6 is 0 Å². The van der Waals surface area contributed by atoms with Gasteiger partial charge in [-0.3, -0.25) is 9.59 Å². The van der Waals surface area contributed by atoms with Gasteiger partial charge in [-0.15, -0.1) is 0 Å². The van der Waals surface area contributed by atoms with Crippen molar-refractivity contribution in [1.29, 1.82) is 0 Å². The number of hydrogen-bond donors (Lipinski definition) is 0. The van der Waals surface area contributed by atoms with Crippen LogP contribution in [0.15, 0.2) is 42.5 Å². The lowest BCUT2D eigenvalue weighted by molar-refractivity contribution is 0.0894. The molecule has 1 aliphatic heterocycles. The first-order chi connectivity index (χ1) is 10.7. The molecule has 3 rings (SSSR count). The van der Waals surface area contributed by atoms with E-state index in [1.54, 1.807) is 49.6 Å². The van der Waals surface area contributed by atoms with Gasteiger partial charge >= 0.3 is 0 Å². The van der Waals surface area contributed by atoms with Crippen LogP contribution in [-0.2, 0) is 0 Å². The highest BCUT2D eigenvalue weighted by molar-refractivity contribution is 6.13. The molecule has 2 aromatic carbocycles. The van der Waals surface area contributed by atoms with Crippen molar-refractivity contribution in [2.75, 3.05) is 13.9 Å². The van der Waals surface area contributed by atoms with Crippen LogP contribution in [0.3, 0.4) is 0 Å². The third-order valence-electron chi connectivity index (χ3n) is 3.43. The van der Waals surface area contributed by atoms with Gasteiger partial charge in [0.25, 0.3) is 0 Å². The minimum Gasteiger partial charge on any atom is -0.497 e. The van der Waals surface area contributed by atoms with Crippen LogP contribution in [0, 0.1) is 0 Å². The average Bonchev–Trinajstić information content (AvgIpc) is 3.02. The molecule has 1 heterocycles. The van der Waals surface area contributed by atoms with Gasteiger partial charge in [0.2, 0.25) is 6.79 Å². The molecule has 5 nitrogen and oxygen atoms in total. The van der Waals surface area contributed by atoms with Crippen molar-refractivity contribution >= 4 is 11.6 Å². The standard InChI is InChI=1S/C17H14O5/c1-20-13-5-2-11(3-6-13)14(18)9-15(19)12-4-7-16-17(8-12)22-10-21-16/h2-8H,9-10H2,1H3. The van der Waals surface area contributed by atoms with Crippen molar-refractivity contribution in [1.82, 2.24) is 0 Å². The van der Waals surface area contributed by atoms with E-state index in [9.17, 15) is 9.59 Å². The number of carbonyl (C=O) groups excluding carboxylic acids is 2. The van der Waals surface area contributed by atoms with Crippen molar-refractivity contribution in [2.24, 2.45) is 0 Å². The molecular weight excluding hydrogens is 284 g/mol. The van der Waals surface area contributed by atoms with Crippen LogP contribution in [0.25, 0.3) is 0 Å². The van der Waals surface area contributed by atoms with E-state index in [0.29, 0.717) is 28.4 Å². The van der Waals surface area contributed by atoms with E-state index in [1.807, 2.05) is 0 Å². The topological polar surface area (TPSA) is 61.8 Å². The van der Waals surface area contributed by atoms with E-state index in [0.717, 1.165) is 0 Å². The van der Waals surface area contributed by atoms with Gasteiger partial charge in [-0.05, 0) is 42.5 Å². The monoisotopic (exact) mass is 298 g/mol. The minimum atomic E-state index is -0.251. The maximum atomic E-state index is 12.2. The van der Waals surface area contributed by atoms with E-state index in [-0.39, 0.29) is 24.8 Å². The lowest BCUT2D eigenvalue weighted by atomic mass is 10.0. The Morgan fingerprint density at radius 2 is 1.59 bits per heavy atom. The average molecular weight is 298 g/mol. The Morgan fingerprint density at radius 1 is 0.955 bits per heavy atom. The number of hydrogen-bond acceptors (Lipinski definition) is 5. The van der Waals surface area contributed by atoms with Crippen LogP contribution in [0.2, 0.25) is 0 Å². The van der Waals surface area contributed by atoms with E-state index in [1.165, 1.54) is 0 Å². The maximum absolute atomic E-state index is 12.2. The first kappa shape index (κ1) is 14.1. The third-order valence-corrected chi connectivity index (χ3v) is 3.43. The van der Waals surface area contributed by atoms with E-state index in [4.69, 9.17) is 14.2 Å². The van der Waals surface area contributed by atoms with Gasteiger partial charge in [-0.1, -0.05) is 0 Å². The fraction of sp³-hybridized carbons (Fsp3) is 0.176. The van der Waals surface area contributed by atoms with E-state index >= 15 is 0 Å². The Balaban J connectivity index is 1.71. The molecule has 0 atom stereocenters. The van der Waals surface area contributed by atoms with Crippen molar-refractivity contribution in [2.45, 2.75) is 6.42 Å². The van der Waals surface area contributed by atoms with Crippen LogP contribution < -0.4 is 14.2 Å². The zero-order valence-electron chi connectivity index (χ0n) is 12.0. The second kappa shape index (κ2) is 5.89. The van der Waals surface area contributed by atoms with Crippen molar-refractivity contribution in [3.8, 4) is 17.2 Å². The summed E-state index contributed by atoms with van der Waals surface area (Å²) in [4.78, 5) is 24.4. The molecule has 0 spiro atoms. The van der Waals surface area contributed by atoms with Gasteiger partial charge in [0.05, 0.1) is 13.5 Å². The van der Waals surface area contributed by atoms with Gasteiger partial charge in [0, 0.05) is 11.1 Å². The number of Topliss-reactive ketones (excluding diaryl/α,β-unsaturated/α-hetero) is 2. The summed E-state index contributed by atoms with van der Waals surface area (Å²) in [6.07, 6.45) is -0.189. The molecule has 22 heavy (non-hydrogen) atoms. The number of methoxy groups -OCH3 is 1. The number of benzene rings is 2. The molecule has 0 amide bonds. The highest BCUT2D eigenvalue weighted by Gasteiger charge is 2.18.